The summed E-state index contributed by atoms with van der Waals surface area (Å²) in [5.41, 5.74) is 0.750. The zero-order valence-corrected chi connectivity index (χ0v) is 10.3. The molecule has 1 aromatic heterocycles. The maximum absolute atomic E-state index is 8.66. The molecule has 0 aliphatic carbocycles. The van der Waals surface area contributed by atoms with E-state index in [0.717, 1.165) is 12.3 Å². The molecule has 0 fully saturated rings. The fourth-order valence-electron chi connectivity index (χ4n) is 1.35. The molecule has 1 N–H and O–H groups in total. The van der Waals surface area contributed by atoms with Gasteiger partial charge in [0.05, 0.1) is 5.71 Å². The molecule has 4 heteroatoms. The minimum absolute atomic E-state index is 0.448. The fourth-order valence-corrected chi connectivity index (χ4v) is 2.08. The van der Waals surface area contributed by atoms with E-state index in [1.165, 1.54) is 4.88 Å². The van der Waals surface area contributed by atoms with Crippen molar-refractivity contribution in [2.45, 2.75) is 33.4 Å². The molecule has 0 amide bonds. The van der Waals surface area contributed by atoms with Gasteiger partial charge in [0, 0.05) is 24.0 Å². The van der Waals surface area contributed by atoms with Crippen LogP contribution in [0.3, 0.4) is 0 Å². The molecule has 0 aromatic carbocycles. The lowest BCUT2D eigenvalue weighted by atomic mass is 10.2. The van der Waals surface area contributed by atoms with Gasteiger partial charge in [-0.2, -0.15) is 0 Å². The van der Waals surface area contributed by atoms with Crippen molar-refractivity contribution < 1.29 is 5.21 Å². The van der Waals surface area contributed by atoms with Crippen LogP contribution in [0.4, 0.5) is 0 Å². The number of hydrogen-bond donors (Lipinski definition) is 1. The summed E-state index contributed by atoms with van der Waals surface area (Å²) in [5.74, 6) is 0. The van der Waals surface area contributed by atoms with E-state index < -0.39 is 0 Å². The third kappa shape index (κ3) is 4.01. The first-order valence-electron chi connectivity index (χ1n) is 5.07. The van der Waals surface area contributed by atoms with Crippen LogP contribution in [0.25, 0.3) is 0 Å². The molecule has 0 saturated carbocycles. The molecule has 3 nitrogen and oxygen atoms in total. The summed E-state index contributed by atoms with van der Waals surface area (Å²) in [4.78, 5) is 3.62. The molecule has 0 aliphatic heterocycles. The molecule has 1 rings (SSSR count). The zero-order chi connectivity index (χ0) is 11.3. The highest BCUT2D eigenvalue weighted by molar-refractivity contribution is 7.09. The summed E-state index contributed by atoms with van der Waals surface area (Å²) >= 11 is 1.76. The van der Waals surface area contributed by atoms with E-state index in [4.69, 9.17) is 5.21 Å². The Bertz CT molecular complexity index is 306. The van der Waals surface area contributed by atoms with E-state index in [9.17, 15) is 0 Å². The molecule has 15 heavy (non-hydrogen) atoms. The van der Waals surface area contributed by atoms with Gasteiger partial charge in [0.15, 0.2) is 0 Å². The van der Waals surface area contributed by atoms with Crippen molar-refractivity contribution in [3.8, 4) is 0 Å². The number of oxime groups is 1. The Morgan fingerprint density at radius 1 is 1.60 bits per heavy atom. The smallest absolute Gasteiger partial charge is 0.0680 e. The number of rotatable bonds is 5. The van der Waals surface area contributed by atoms with Gasteiger partial charge in [-0.1, -0.05) is 11.2 Å². The van der Waals surface area contributed by atoms with Crippen LogP contribution in [0.1, 0.15) is 25.6 Å². The molecule has 0 atom stereocenters. The van der Waals surface area contributed by atoms with Crippen LogP contribution in [0.5, 0.6) is 0 Å². The first kappa shape index (κ1) is 12.2. The monoisotopic (exact) mass is 226 g/mol. The highest BCUT2D eigenvalue weighted by Crippen LogP contribution is 2.13. The largest absolute Gasteiger partial charge is 0.411 e. The Hall–Kier alpha value is -0.870. The normalized spacial score (nSPS) is 12.7. The van der Waals surface area contributed by atoms with Gasteiger partial charge in [-0.05, 0) is 32.2 Å². The molecule has 0 aliphatic rings. The standard InChI is InChI=1S/C11H18N2OS/c1-9(2)13(7-10(3)12-14)8-11-5-4-6-15-11/h4-6,9,14H,7-8H2,1-3H3. The summed E-state index contributed by atoms with van der Waals surface area (Å²) in [5, 5.41) is 14.0. The van der Waals surface area contributed by atoms with Crippen molar-refractivity contribution in [2.75, 3.05) is 6.54 Å². The first-order valence-corrected chi connectivity index (χ1v) is 5.95. The molecule has 0 saturated heterocycles. The topological polar surface area (TPSA) is 35.8 Å². The van der Waals surface area contributed by atoms with Gasteiger partial charge in [0.2, 0.25) is 0 Å². The summed E-state index contributed by atoms with van der Waals surface area (Å²) in [6, 6.07) is 4.64. The highest BCUT2D eigenvalue weighted by Gasteiger charge is 2.11. The Morgan fingerprint density at radius 2 is 2.33 bits per heavy atom. The van der Waals surface area contributed by atoms with Crippen LogP contribution in [0, 0.1) is 0 Å². The van der Waals surface area contributed by atoms with Crippen molar-refractivity contribution in [3.05, 3.63) is 22.4 Å². The van der Waals surface area contributed by atoms with Crippen molar-refractivity contribution in [1.29, 1.82) is 0 Å². The third-order valence-electron chi connectivity index (χ3n) is 2.27. The lowest BCUT2D eigenvalue weighted by Crippen LogP contribution is -2.34. The Labute approximate surface area is 95.0 Å². The van der Waals surface area contributed by atoms with Crippen molar-refractivity contribution in [2.24, 2.45) is 5.16 Å². The van der Waals surface area contributed by atoms with Crippen LogP contribution < -0.4 is 0 Å². The van der Waals surface area contributed by atoms with Crippen LogP contribution in [0.15, 0.2) is 22.7 Å². The number of nitrogens with zero attached hydrogens (tertiary/aromatic N) is 2. The van der Waals surface area contributed by atoms with Gasteiger partial charge in [0.1, 0.15) is 0 Å². The maximum Gasteiger partial charge on any atom is 0.0680 e. The lowest BCUT2D eigenvalue weighted by Gasteiger charge is -2.25. The third-order valence-corrected chi connectivity index (χ3v) is 3.13. The second-order valence-electron chi connectivity index (χ2n) is 3.91. The SMILES string of the molecule is CC(CN(Cc1cccs1)C(C)C)=NO. The second kappa shape index (κ2) is 5.88. The van der Waals surface area contributed by atoms with E-state index in [0.29, 0.717) is 12.6 Å². The van der Waals surface area contributed by atoms with E-state index in [1.807, 2.05) is 6.92 Å². The van der Waals surface area contributed by atoms with E-state index in [-0.39, 0.29) is 0 Å². The van der Waals surface area contributed by atoms with Gasteiger partial charge in [-0.15, -0.1) is 11.3 Å². The fraction of sp³-hybridized carbons (Fsp3) is 0.545. The van der Waals surface area contributed by atoms with Gasteiger partial charge >= 0.3 is 0 Å². The molecule has 1 aromatic rings. The predicted octanol–water partition coefficient (Wildman–Crippen LogP) is 2.81. The molecule has 0 bridgehead atoms. The van der Waals surface area contributed by atoms with Crippen LogP contribution in [0.2, 0.25) is 0 Å². The van der Waals surface area contributed by atoms with Gasteiger partial charge in [-0.3, -0.25) is 4.90 Å². The van der Waals surface area contributed by atoms with Crippen LogP contribution >= 0.6 is 11.3 Å². The lowest BCUT2D eigenvalue weighted by molar-refractivity contribution is 0.241. The summed E-state index contributed by atoms with van der Waals surface area (Å²) in [6.45, 7) is 7.77. The number of hydrogen-bond acceptors (Lipinski definition) is 4. The second-order valence-corrected chi connectivity index (χ2v) is 4.95. The van der Waals surface area contributed by atoms with E-state index in [1.54, 1.807) is 11.3 Å². The minimum atomic E-state index is 0.448. The van der Waals surface area contributed by atoms with Crippen LogP contribution in [-0.2, 0) is 6.54 Å². The molecule has 0 unspecified atom stereocenters. The summed E-state index contributed by atoms with van der Waals surface area (Å²) in [6.07, 6.45) is 0. The summed E-state index contributed by atoms with van der Waals surface area (Å²) < 4.78 is 0. The average Bonchev–Trinajstić information content (AvgIpc) is 2.69. The molecular formula is C11H18N2OS. The Kier molecular flexibility index (Phi) is 4.78. The summed E-state index contributed by atoms with van der Waals surface area (Å²) in [7, 11) is 0. The Balaban J connectivity index is 2.59. The molecule has 84 valence electrons. The van der Waals surface area contributed by atoms with Gasteiger partial charge in [0.25, 0.3) is 0 Å². The van der Waals surface area contributed by atoms with E-state index >= 15 is 0 Å². The molecule has 0 radical (unpaired) electrons. The van der Waals surface area contributed by atoms with Gasteiger partial charge < -0.3 is 5.21 Å². The average molecular weight is 226 g/mol. The molecule has 0 spiro atoms. The van der Waals surface area contributed by atoms with Gasteiger partial charge in [-0.25, -0.2) is 0 Å². The Morgan fingerprint density at radius 3 is 2.80 bits per heavy atom. The molecule has 1 heterocycles. The minimum Gasteiger partial charge on any atom is -0.411 e. The van der Waals surface area contributed by atoms with Crippen molar-refractivity contribution >= 4 is 17.0 Å². The zero-order valence-electron chi connectivity index (χ0n) is 9.47. The van der Waals surface area contributed by atoms with E-state index in [2.05, 4.69) is 41.4 Å². The van der Waals surface area contributed by atoms with Crippen LogP contribution in [-0.4, -0.2) is 28.4 Å². The molecular weight excluding hydrogens is 208 g/mol. The number of thiophene rings is 1. The first-order chi connectivity index (χ1) is 7.13. The predicted molar refractivity (Wildman–Crippen MR) is 64.8 cm³/mol. The quantitative estimate of drug-likeness (QED) is 0.476. The van der Waals surface area contributed by atoms with Crippen molar-refractivity contribution in [1.82, 2.24) is 4.90 Å². The van der Waals surface area contributed by atoms with Crippen molar-refractivity contribution in [3.63, 3.8) is 0 Å². The maximum atomic E-state index is 8.66. The highest BCUT2D eigenvalue weighted by atomic mass is 32.1.